The van der Waals surface area contributed by atoms with Crippen LogP contribution in [0.15, 0.2) is 48.7 Å². The molecule has 6 nitrogen and oxygen atoms in total. The van der Waals surface area contributed by atoms with Crippen LogP contribution in [0.25, 0.3) is 10.9 Å². The van der Waals surface area contributed by atoms with Gasteiger partial charge in [-0.1, -0.05) is 12.1 Å². The van der Waals surface area contributed by atoms with Crippen molar-refractivity contribution in [1.29, 1.82) is 0 Å². The third-order valence-electron chi connectivity index (χ3n) is 4.99. The second-order valence-electron chi connectivity index (χ2n) is 8.85. The lowest BCUT2D eigenvalue weighted by Gasteiger charge is -2.19. The molecule has 1 aromatic heterocycles. The number of ether oxygens (including phenoxy) is 1. The molecule has 0 radical (unpaired) electrons. The Kier molecular flexibility index (Phi) is 6.91. The quantitative estimate of drug-likeness (QED) is 0.365. The van der Waals surface area contributed by atoms with Crippen molar-refractivity contribution in [2.75, 3.05) is 26.1 Å². The van der Waals surface area contributed by atoms with Crippen LogP contribution in [-0.4, -0.2) is 37.5 Å². The molecule has 0 saturated heterocycles. The Balaban J connectivity index is 1.82. The minimum atomic E-state index is -0.564. The van der Waals surface area contributed by atoms with Crippen molar-refractivity contribution >= 4 is 22.7 Å². The minimum Gasteiger partial charge on any atom is -0.443 e. The maximum Gasteiger partial charge on any atom is 0.419 e. The molecule has 0 aliphatic carbocycles. The molecule has 0 saturated carbocycles. The largest absolute Gasteiger partial charge is 0.443 e. The topological polar surface area (TPSA) is 52.9 Å². The molecule has 3 rings (SSSR count). The van der Waals surface area contributed by atoms with E-state index < -0.39 is 5.60 Å². The van der Waals surface area contributed by atoms with Gasteiger partial charge in [-0.2, -0.15) is 4.89 Å². The van der Waals surface area contributed by atoms with Crippen LogP contribution in [0, 0.1) is 0 Å². The number of nitrogens with zero attached hydrogens (tertiary/aromatic N) is 2. The van der Waals surface area contributed by atoms with Crippen molar-refractivity contribution < 1.29 is 19.3 Å². The van der Waals surface area contributed by atoms with Crippen LogP contribution < -0.4 is 9.79 Å². The summed E-state index contributed by atoms with van der Waals surface area (Å²) in [4.78, 5) is 24.8. The number of hydrogen-bond donors (Lipinski definition) is 0. The van der Waals surface area contributed by atoms with Gasteiger partial charge in [0.15, 0.2) is 5.75 Å². The van der Waals surface area contributed by atoms with Gasteiger partial charge in [0, 0.05) is 31.4 Å². The van der Waals surface area contributed by atoms with Crippen LogP contribution in [0.2, 0.25) is 0 Å². The van der Waals surface area contributed by atoms with Gasteiger partial charge in [-0.15, -0.1) is 0 Å². The van der Waals surface area contributed by atoms with Gasteiger partial charge in [0.1, 0.15) is 5.60 Å². The van der Waals surface area contributed by atoms with Crippen molar-refractivity contribution in [3.63, 3.8) is 0 Å². The van der Waals surface area contributed by atoms with Crippen LogP contribution in [0.1, 0.15) is 38.3 Å². The number of aromatic nitrogens is 1. The minimum absolute atomic E-state index is 0.386. The number of hydrogen-bond acceptors (Lipinski definition) is 5. The number of rotatable bonds is 7. The first kappa shape index (κ1) is 22.7. The molecule has 0 N–H and O–H groups in total. The molecule has 0 unspecified atom stereocenters. The molecule has 166 valence electrons. The highest BCUT2D eigenvalue weighted by atomic mass is 17.2. The van der Waals surface area contributed by atoms with E-state index in [1.165, 1.54) is 18.4 Å². The van der Waals surface area contributed by atoms with E-state index in [0.29, 0.717) is 5.75 Å². The lowest BCUT2D eigenvalue weighted by molar-refractivity contribution is -0.178. The lowest BCUT2D eigenvalue weighted by atomic mass is 10.0. The van der Waals surface area contributed by atoms with Gasteiger partial charge < -0.3 is 14.5 Å². The fourth-order valence-electron chi connectivity index (χ4n) is 3.53. The fraction of sp³-hybridized carbons (Fsp3) is 0.400. The van der Waals surface area contributed by atoms with Gasteiger partial charge in [-0.3, -0.25) is 4.57 Å². The lowest BCUT2D eigenvalue weighted by Crippen LogP contribution is -2.26. The van der Waals surface area contributed by atoms with Crippen LogP contribution in [0.3, 0.4) is 0 Å². The van der Waals surface area contributed by atoms with E-state index in [2.05, 4.69) is 29.2 Å². The molecule has 0 amide bonds. The van der Waals surface area contributed by atoms with E-state index in [4.69, 9.17) is 14.5 Å². The third-order valence-corrected chi connectivity index (χ3v) is 4.99. The van der Waals surface area contributed by atoms with Crippen LogP contribution in [0.5, 0.6) is 5.75 Å². The number of benzene rings is 2. The van der Waals surface area contributed by atoms with Crippen molar-refractivity contribution in [2.45, 2.75) is 45.6 Å². The maximum absolute atomic E-state index is 12.8. The zero-order valence-electron chi connectivity index (χ0n) is 19.3. The van der Waals surface area contributed by atoms with Gasteiger partial charge in [-0.25, -0.2) is 4.79 Å². The monoisotopic (exact) mass is 424 g/mol. The molecular weight excluding hydrogens is 392 g/mol. The van der Waals surface area contributed by atoms with E-state index in [-0.39, 0.29) is 6.09 Å². The second-order valence-corrected chi connectivity index (χ2v) is 8.85. The van der Waals surface area contributed by atoms with Gasteiger partial charge in [0.2, 0.25) is 0 Å². The highest BCUT2D eigenvalue weighted by Crippen LogP contribution is 2.28. The SMILES string of the molecule is COOc1ccc2c(c1)c(CCCc1ccc(N(C)C)cc1)cn2C(=O)OC(C)(C)C. The van der Waals surface area contributed by atoms with Gasteiger partial charge in [0.05, 0.1) is 12.6 Å². The zero-order chi connectivity index (χ0) is 22.6. The summed E-state index contributed by atoms with van der Waals surface area (Å²) in [5, 5.41) is 0.961. The molecule has 3 aromatic rings. The standard InChI is InChI=1S/C25H32N2O4/c1-25(2,3)30-24(28)27-17-19(22-16-21(31-29-6)14-15-23(22)27)9-7-8-18-10-12-20(13-11-18)26(4)5/h10-17H,7-9H2,1-6H3. The highest BCUT2D eigenvalue weighted by Gasteiger charge is 2.21. The van der Waals surface area contributed by atoms with E-state index >= 15 is 0 Å². The van der Waals surface area contributed by atoms with E-state index in [1.54, 1.807) is 10.6 Å². The molecule has 0 aliphatic rings. The molecule has 0 spiro atoms. The predicted molar refractivity (Wildman–Crippen MR) is 124 cm³/mol. The second kappa shape index (κ2) is 9.43. The van der Waals surface area contributed by atoms with Crippen LogP contribution in [0.4, 0.5) is 10.5 Å². The number of anilines is 1. The van der Waals surface area contributed by atoms with Crippen LogP contribution >= 0.6 is 0 Å². The molecule has 1 heterocycles. The van der Waals surface area contributed by atoms with Crippen LogP contribution in [-0.2, 0) is 22.5 Å². The molecule has 0 fully saturated rings. The Morgan fingerprint density at radius 2 is 1.74 bits per heavy atom. The third kappa shape index (κ3) is 5.79. The summed E-state index contributed by atoms with van der Waals surface area (Å²) in [5.74, 6) is 0.595. The molecule has 0 bridgehead atoms. The summed E-state index contributed by atoms with van der Waals surface area (Å²) in [6, 6.07) is 14.2. The van der Waals surface area contributed by atoms with Crippen molar-refractivity contribution in [3.8, 4) is 5.75 Å². The van der Waals surface area contributed by atoms with E-state index in [9.17, 15) is 4.79 Å². The first-order valence-corrected chi connectivity index (χ1v) is 10.5. The first-order valence-electron chi connectivity index (χ1n) is 10.5. The number of carbonyl (C=O) groups is 1. The van der Waals surface area contributed by atoms with E-state index in [1.807, 2.05) is 53.2 Å². The summed E-state index contributed by atoms with van der Waals surface area (Å²) in [6.45, 7) is 5.59. The maximum atomic E-state index is 12.8. The zero-order valence-corrected chi connectivity index (χ0v) is 19.3. The van der Waals surface area contributed by atoms with Crippen molar-refractivity contribution in [1.82, 2.24) is 4.57 Å². The van der Waals surface area contributed by atoms with Crippen molar-refractivity contribution in [2.24, 2.45) is 0 Å². The molecule has 0 aliphatic heterocycles. The summed E-state index contributed by atoms with van der Waals surface area (Å²) < 4.78 is 7.17. The number of aryl methyl sites for hydroxylation is 2. The molecule has 31 heavy (non-hydrogen) atoms. The molecule has 6 heteroatoms. The fourth-order valence-corrected chi connectivity index (χ4v) is 3.53. The molecular formula is C25H32N2O4. The Hall–Kier alpha value is -2.99. The molecule has 0 atom stereocenters. The van der Waals surface area contributed by atoms with E-state index in [0.717, 1.165) is 35.7 Å². The molecule has 2 aromatic carbocycles. The summed E-state index contributed by atoms with van der Waals surface area (Å²) in [6.07, 6.45) is 4.25. The van der Waals surface area contributed by atoms with Gasteiger partial charge >= 0.3 is 6.09 Å². The highest BCUT2D eigenvalue weighted by molar-refractivity contribution is 5.93. The Morgan fingerprint density at radius 1 is 1.03 bits per heavy atom. The van der Waals surface area contributed by atoms with Gasteiger partial charge in [-0.05, 0) is 81.5 Å². The Labute approximate surface area is 184 Å². The Morgan fingerprint density at radius 3 is 2.35 bits per heavy atom. The average molecular weight is 425 g/mol. The average Bonchev–Trinajstić information content (AvgIpc) is 3.06. The smallest absolute Gasteiger partial charge is 0.419 e. The summed E-state index contributed by atoms with van der Waals surface area (Å²) in [5.41, 5.74) is 3.79. The van der Waals surface area contributed by atoms with Gasteiger partial charge in [0.25, 0.3) is 0 Å². The van der Waals surface area contributed by atoms with Crippen molar-refractivity contribution in [3.05, 3.63) is 59.8 Å². The summed E-state index contributed by atoms with van der Waals surface area (Å²) >= 11 is 0. The predicted octanol–water partition coefficient (Wildman–Crippen LogP) is 5.61. The number of carbonyl (C=O) groups excluding carboxylic acids is 1. The normalized spacial score (nSPS) is 11.5. The first-order chi connectivity index (χ1) is 14.7. The summed E-state index contributed by atoms with van der Waals surface area (Å²) in [7, 11) is 5.55. The number of fused-ring (bicyclic) bond motifs is 1. The Bertz CT molecular complexity index is 1030.